The van der Waals surface area contributed by atoms with Crippen LogP contribution in [0.2, 0.25) is 0 Å². The van der Waals surface area contributed by atoms with Gasteiger partial charge in [0, 0.05) is 44.8 Å². The highest BCUT2D eigenvalue weighted by Crippen LogP contribution is 2.26. The van der Waals surface area contributed by atoms with Crippen LogP contribution in [0, 0.1) is 0 Å². The van der Waals surface area contributed by atoms with Gasteiger partial charge < -0.3 is 10.2 Å². The topological polar surface area (TPSA) is 69.7 Å². The van der Waals surface area contributed by atoms with Gasteiger partial charge >= 0.3 is 0 Å². The Balaban J connectivity index is 1.73. The Morgan fingerprint density at radius 3 is 2.28 bits per heavy atom. The average molecular weight is 365 g/mol. The molecule has 1 saturated carbocycles. The number of benzene rings is 1. The van der Waals surface area contributed by atoms with Crippen LogP contribution in [0.1, 0.15) is 42.5 Å². The Hall–Kier alpha value is -1.44. The van der Waals surface area contributed by atoms with Gasteiger partial charge in [-0.1, -0.05) is 19.3 Å². The molecular weight excluding hydrogens is 338 g/mol. The van der Waals surface area contributed by atoms with E-state index >= 15 is 0 Å². The first-order chi connectivity index (χ1) is 12.0. The fourth-order valence-electron chi connectivity index (χ4n) is 3.63. The van der Waals surface area contributed by atoms with E-state index in [0.717, 1.165) is 38.8 Å². The molecule has 0 atom stereocenters. The average Bonchev–Trinajstić information content (AvgIpc) is 2.68. The number of rotatable bonds is 4. The van der Waals surface area contributed by atoms with Gasteiger partial charge in [-0.15, -0.1) is 0 Å². The first-order valence-corrected chi connectivity index (χ1v) is 10.5. The van der Waals surface area contributed by atoms with E-state index in [1.807, 2.05) is 0 Å². The van der Waals surface area contributed by atoms with Crippen molar-refractivity contribution in [3.8, 4) is 0 Å². The largest absolute Gasteiger partial charge is 0.336 e. The Morgan fingerprint density at radius 1 is 1.08 bits per heavy atom. The molecule has 1 heterocycles. The Morgan fingerprint density at radius 2 is 1.68 bits per heavy atom. The van der Waals surface area contributed by atoms with E-state index in [4.69, 9.17) is 0 Å². The number of carbonyl (C=O) groups excluding carboxylic acids is 1. The second-order valence-corrected chi connectivity index (χ2v) is 8.88. The molecule has 1 amide bonds. The second-order valence-electron chi connectivity index (χ2n) is 6.88. The monoisotopic (exact) mass is 365 g/mol. The molecule has 6 nitrogen and oxygen atoms in total. The standard InChI is InChI=1S/C18H27N3O3S/c1-20(16-5-3-2-4-6-16)25(23,24)17-9-7-15(8-10-17)18(22)21-13-11-19-12-14-21/h7-10,16,19H,2-6,11-14H2,1H3. The van der Waals surface area contributed by atoms with Crippen LogP contribution in [-0.2, 0) is 10.0 Å². The van der Waals surface area contributed by atoms with E-state index in [0.29, 0.717) is 18.7 Å². The molecule has 1 N–H and O–H groups in total. The van der Waals surface area contributed by atoms with Crippen molar-refractivity contribution in [3.05, 3.63) is 29.8 Å². The summed E-state index contributed by atoms with van der Waals surface area (Å²) in [7, 11) is -1.84. The smallest absolute Gasteiger partial charge is 0.253 e. The van der Waals surface area contributed by atoms with E-state index in [1.165, 1.54) is 10.7 Å². The summed E-state index contributed by atoms with van der Waals surface area (Å²) >= 11 is 0. The van der Waals surface area contributed by atoms with Gasteiger partial charge in [0.25, 0.3) is 5.91 Å². The van der Waals surface area contributed by atoms with Crippen molar-refractivity contribution in [1.82, 2.24) is 14.5 Å². The van der Waals surface area contributed by atoms with Gasteiger partial charge in [0.1, 0.15) is 0 Å². The van der Waals surface area contributed by atoms with Crippen molar-refractivity contribution < 1.29 is 13.2 Å². The van der Waals surface area contributed by atoms with Crippen LogP contribution in [0.5, 0.6) is 0 Å². The molecule has 25 heavy (non-hydrogen) atoms. The molecule has 1 aromatic rings. The van der Waals surface area contributed by atoms with Crippen LogP contribution >= 0.6 is 0 Å². The van der Waals surface area contributed by atoms with Crippen molar-refractivity contribution in [2.75, 3.05) is 33.2 Å². The maximum Gasteiger partial charge on any atom is 0.253 e. The summed E-state index contributed by atoms with van der Waals surface area (Å²) in [4.78, 5) is 14.5. The Labute approximate surface area is 150 Å². The molecule has 0 radical (unpaired) electrons. The number of hydrogen-bond acceptors (Lipinski definition) is 4. The molecule has 1 aliphatic carbocycles. The zero-order valence-corrected chi connectivity index (χ0v) is 15.6. The highest BCUT2D eigenvalue weighted by molar-refractivity contribution is 7.89. The molecule has 0 spiro atoms. The lowest BCUT2D eigenvalue weighted by Gasteiger charge is -2.30. The molecule has 1 aliphatic heterocycles. The zero-order valence-electron chi connectivity index (χ0n) is 14.8. The van der Waals surface area contributed by atoms with Crippen molar-refractivity contribution in [1.29, 1.82) is 0 Å². The molecule has 0 unspecified atom stereocenters. The first kappa shape index (κ1) is 18.4. The van der Waals surface area contributed by atoms with Crippen LogP contribution in [0.3, 0.4) is 0 Å². The predicted octanol–water partition coefficient (Wildman–Crippen LogP) is 1.69. The maximum absolute atomic E-state index is 12.8. The van der Waals surface area contributed by atoms with Gasteiger partial charge in [-0.25, -0.2) is 8.42 Å². The molecule has 2 aliphatic rings. The number of nitrogens with one attached hydrogen (secondary N) is 1. The lowest BCUT2D eigenvalue weighted by atomic mass is 9.96. The third-order valence-corrected chi connectivity index (χ3v) is 7.20. The van der Waals surface area contributed by atoms with E-state index in [1.54, 1.807) is 36.2 Å². The summed E-state index contributed by atoms with van der Waals surface area (Å²) in [5, 5.41) is 3.21. The second kappa shape index (κ2) is 7.85. The Bertz CT molecular complexity index is 691. The van der Waals surface area contributed by atoms with Crippen LogP contribution in [0.4, 0.5) is 0 Å². The quantitative estimate of drug-likeness (QED) is 0.881. The number of nitrogens with zero attached hydrogens (tertiary/aromatic N) is 2. The SMILES string of the molecule is CN(C1CCCCC1)S(=O)(=O)c1ccc(C(=O)N2CCNCC2)cc1. The van der Waals surface area contributed by atoms with Crippen molar-refractivity contribution >= 4 is 15.9 Å². The molecule has 0 bridgehead atoms. The first-order valence-electron chi connectivity index (χ1n) is 9.08. The molecule has 7 heteroatoms. The zero-order chi connectivity index (χ0) is 17.9. The van der Waals surface area contributed by atoms with Crippen LogP contribution < -0.4 is 5.32 Å². The summed E-state index contributed by atoms with van der Waals surface area (Å²) in [6.07, 6.45) is 5.21. The lowest BCUT2D eigenvalue weighted by Crippen LogP contribution is -2.46. The molecule has 1 saturated heterocycles. The minimum atomic E-state index is -3.51. The van der Waals surface area contributed by atoms with Crippen molar-refractivity contribution in [2.24, 2.45) is 0 Å². The van der Waals surface area contributed by atoms with Gasteiger partial charge in [-0.3, -0.25) is 4.79 Å². The van der Waals surface area contributed by atoms with E-state index < -0.39 is 10.0 Å². The maximum atomic E-state index is 12.8. The van der Waals surface area contributed by atoms with Crippen molar-refractivity contribution in [3.63, 3.8) is 0 Å². The fraction of sp³-hybridized carbons (Fsp3) is 0.611. The molecule has 2 fully saturated rings. The number of hydrogen-bond donors (Lipinski definition) is 1. The normalized spacial score (nSPS) is 20.0. The van der Waals surface area contributed by atoms with Gasteiger partial charge in [-0.05, 0) is 37.1 Å². The predicted molar refractivity (Wildman–Crippen MR) is 97.0 cm³/mol. The van der Waals surface area contributed by atoms with Crippen LogP contribution in [0.15, 0.2) is 29.2 Å². The Kier molecular flexibility index (Phi) is 5.76. The van der Waals surface area contributed by atoms with Crippen LogP contribution in [-0.4, -0.2) is 62.8 Å². The summed E-state index contributed by atoms with van der Waals surface area (Å²) < 4.78 is 27.2. The van der Waals surface area contributed by atoms with Gasteiger partial charge in [0.15, 0.2) is 0 Å². The number of amides is 1. The highest BCUT2D eigenvalue weighted by Gasteiger charge is 2.29. The van der Waals surface area contributed by atoms with Gasteiger partial charge in [-0.2, -0.15) is 4.31 Å². The van der Waals surface area contributed by atoms with Crippen LogP contribution in [0.25, 0.3) is 0 Å². The number of carbonyl (C=O) groups is 1. The molecule has 1 aromatic carbocycles. The van der Waals surface area contributed by atoms with Crippen molar-refractivity contribution in [2.45, 2.75) is 43.0 Å². The van der Waals surface area contributed by atoms with E-state index in [-0.39, 0.29) is 16.8 Å². The molecule has 138 valence electrons. The highest BCUT2D eigenvalue weighted by atomic mass is 32.2. The minimum absolute atomic E-state index is 0.0360. The summed E-state index contributed by atoms with van der Waals surface area (Å²) in [5.41, 5.74) is 0.543. The van der Waals surface area contributed by atoms with Gasteiger partial charge in [0.2, 0.25) is 10.0 Å². The summed E-state index contributed by atoms with van der Waals surface area (Å²) in [5.74, 6) is -0.0360. The van der Waals surface area contributed by atoms with E-state index in [2.05, 4.69) is 5.32 Å². The molecule has 0 aromatic heterocycles. The summed E-state index contributed by atoms with van der Waals surface area (Å²) in [6, 6.07) is 6.47. The molecule has 3 rings (SSSR count). The third-order valence-electron chi connectivity index (χ3n) is 5.27. The minimum Gasteiger partial charge on any atom is -0.336 e. The number of piperazine rings is 1. The van der Waals surface area contributed by atoms with E-state index in [9.17, 15) is 13.2 Å². The number of sulfonamides is 1. The lowest BCUT2D eigenvalue weighted by molar-refractivity contribution is 0.0735. The summed E-state index contributed by atoms with van der Waals surface area (Å²) in [6.45, 7) is 2.96. The third kappa shape index (κ3) is 4.04. The fourth-order valence-corrected chi connectivity index (χ4v) is 5.04. The molecular formula is C18H27N3O3S. The van der Waals surface area contributed by atoms with Gasteiger partial charge in [0.05, 0.1) is 4.90 Å².